The van der Waals surface area contributed by atoms with Crippen LogP contribution in [-0.2, 0) is 14.8 Å². The summed E-state index contributed by atoms with van der Waals surface area (Å²) in [7, 11) is -3.21. The van der Waals surface area contributed by atoms with Crippen molar-refractivity contribution in [1.82, 2.24) is 9.21 Å². The molecule has 1 aliphatic carbocycles. The summed E-state index contributed by atoms with van der Waals surface area (Å²) < 4.78 is 37.6. The summed E-state index contributed by atoms with van der Waals surface area (Å²) in [4.78, 5) is 14.2. The van der Waals surface area contributed by atoms with E-state index in [4.69, 9.17) is 9.15 Å². The van der Waals surface area contributed by atoms with Gasteiger partial charge in [-0.05, 0) is 50.7 Å². The first kappa shape index (κ1) is 18.0. The van der Waals surface area contributed by atoms with Gasteiger partial charge in [-0.3, -0.25) is 4.79 Å². The van der Waals surface area contributed by atoms with Gasteiger partial charge in [0.05, 0.1) is 18.1 Å². The van der Waals surface area contributed by atoms with Crippen molar-refractivity contribution < 1.29 is 22.4 Å². The summed E-state index contributed by atoms with van der Waals surface area (Å²) in [5, 5.41) is 0. The number of sulfonamides is 1. The molecule has 0 radical (unpaired) electrons. The lowest BCUT2D eigenvalue weighted by molar-refractivity contribution is -0.123. The molecular weight excluding hydrogens is 356 g/mol. The highest BCUT2D eigenvalue weighted by molar-refractivity contribution is 7.88. The number of ether oxygens (including phenoxy) is 1. The van der Waals surface area contributed by atoms with E-state index < -0.39 is 10.0 Å². The van der Waals surface area contributed by atoms with Crippen molar-refractivity contribution in [3.8, 4) is 0 Å². The Morgan fingerprint density at radius 3 is 2.54 bits per heavy atom. The summed E-state index contributed by atoms with van der Waals surface area (Å²) in [5.74, 6) is 0.272. The van der Waals surface area contributed by atoms with Crippen LogP contribution >= 0.6 is 0 Å². The zero-order chi connectivity index (χ0) is 18.4. The summed E-state index contributed by atoms with van der Waals surface area (Å²) in [6.45, 7) is 1.79. The van der Waals surface area contributed by atoms with E-state index in [0.717, 1.165) is 38.5 Å². The Kier molecular flexibility index (Phi) is 4.61. The van der Waals surface area contributed by atoms with Crippen LogP contribution in [0.4, 0.5) is 0 Å². The molecule has 26 heavy (non-hydrogen) atoms. The Morgan fingerprint density at radius 1 is 1.23 bits per heavy atom. The maximum absolute atomic E-state index is 12.4. The zero-order valence-electron chi connectivity index (χ0n) is 15.1. The first-order valence-electron chi connectivity index (χ1n) is 9.33. The Morgan fingerprint density at radius 2 is 1.96 bits per heavy atom. The highest BCUT2D eigenvalue weighted by atomic mass is 32.2. The third-order valence-corrected chi connectivity index (χ3v) is 7.17. The zero-order valence-corrected chi connectivity index (χ0v) is 15.9. The number of hydrogen-bond acceptors (Lipinski definition) is 5. The molecule has 8 heteroatoms. The monoisotopic (exact) mass is 382 g/mol. The molecule has 0 bridgehead atoms. The van der Waals surface area contributed by atoms with Gasteiger partial charge in [0.25, 0.3) is 5.91 Å². The number of amides is 1. The maximum atomic E-state index is 12.4. The number of hydrogen-bond donors (Lipinski definition) is 0. The number of carbonyl (C=O) groups excluding carboxylic acids is 1. The fourth-order valence-corrected chi connectivity index (χ4v) is 5.88. The number of rotatable bonds is 4. The second-order valence-electron chi connectivity index (χ2n) is 7.77. The molecule has 4 rings (SSSR count). The van der Waals surface area contributed by atoms with Crippen molar-refractivity contribution in [3.05, 3.63) is 24.2 Å². The largest absolute Gasteiger partial charge is 0.459 e. The molecular formula is C18H26N2O5S. The molecule has 0 aromatic carbocycles. The van der Waals surface area contributed by atoms with Crippen LogP contribution in [0, 0.1) is 0 Å². The molecule has 144 valence electrons. The predicted octanol–water partition coefficient (Wildman–Crippen LogP) is 1.86. The van der Waals surface area contributed by atoms with Crippen molar-refractivity contribution in [2.24, 2.45) is 0 Å². The fraction of sp³-hybridized carbons (Fsp3) is 0.722. The van der Waals surface area contributed by atoms with Crippen molar-refractivity contribution in [2.45, 2.75) is 56.2 Å². The molecule has 1 atom stereocenters. The van der Waals surface area contributed by atoms with Gasteiger partial charge in [-0.25, -0.2) is 8.42 Å². The van der Waals surface area contributed by atoms with Crippen molar-refractivity contribution in [3.63, 3.8) is 0 Å². The Bertz CT molecular complexity index is 749. The van der Waals surface area contributed by atoms with E-state index in [2.05, 4.69) is 0 Å². The van der Waals surface area contributed by atoms with Crippen molar-refractivity contribution in [1.29, 1.82) is 0 Å². The molecule has 1 spiro atoms. The van der Waals surface area contributed by atoms with Crippen LogP contribution in [0.5, 0.6) is 0 Å². The van der Waals surface area contributed by atoms with Crippen LogP contribution in [0.2, 0.25) is 0 Å². The second kappa shape index (κ2) is 6.65. The third kappa shape index (κ3) is 3.54. The van der Waals surface area contributed by atoms with E-state index >= 15 is 0 Å². The minimum absolute atomic E-state index is 0.0126. The highest BCUT2D eigenvalue weighted by Crippen LogP contribution is 2.41. The van der Waals surface area contributed by atoms with E-state index in [0.29, 0.717) is 25.5 Å². The molecule has 3 fully saturated rings. The lowest BCUT2D eigenvalue weighted by Crippen LogP contribution is -2.55. The number of piperidine rings is 1. The number of nitrogens with zero attached hydrogens (tertiary/aromatic N) is 2. The minimum atomic E-state index is -3.21. The summed E-state index contributed by atoms with van der Waals surface area (Å²) >= 11 is 0. The van der Waals surface area contributed by atoms with E-state index in [9.17, 15) is 13.2 Å². The van der Waals surface area contributed by atoms with E-state index in [-0.39, 0.29) is 23.6 Å². The van der Waals surface area contributed by atoms with Crippen LogP contribution in [-0.4, -0.2) is 67.2 Å². The van der Waals surface area contributed by atoms with Crippen LogP contribution in [0.3, 0.4) is 0 Å². The van der Waals surface area contributed by atoms with Crippen LogP contribution in [0.15, 0.2) is 22.8 Å². The molecule has 1 aromatic rings. The highest BCUT2D eigenvalue weighted by Gasteiger charge is 2.47. The standard InChI is InChI=1S/C18H26N2O5S/c1-26(22,23)20(14-4-5-14)15-6-12-25-18(13-15)7-9-19(10-8-18)17(21)16-3-2-11-24-16/h2-3,11,14-15H,4-10,12-13H2,1H3. The normalized spacial score (nSPS) is 26.4. The number of furan rings is 1. The first-order chi connectivity index (χ1) is 12.4. The Labute approximate surface area is 154 Å². The van der Waals surface area contributed by atoms with Crippen LogP contribution in [0.1, 0.15) is 49.1 Å². The van der Waals surface area contributed by atoms with E-state index in [1.807, 2.05) is 0 Å². The molecule has 1 aromatic heterocycles. The Hall–Kier alpha value is -1.38. The minimum Gasteiger partial charge on any atom is -0.459 e. The van der Waals surface area contributed by atoms with Gasteiger partial charge < -0.3 is 14.1 Å². The molecule has 3 aliphatic rings. The molecule has 0 N–H and O–H groups in total. The smallest absolute Gasteiger partial charge is 0.289 e. The quantitative estimate of drug-likeness (QED) is 0.794. The molecule has 2 aliphatic heterocycles. The predicted molar refractivity (Wildman–Crippen MR) is 95.3 cm³/mol. The second-order valence-corrected chi connectivity index (χ2v) is 9.66. The van der Waals surface area contributed by atoms with Crippen molar-refractivity contribution >= 4 is 15.9 Å². The van der Waals surface area contributed by atoms with Gasteiger partial charge in [0.15, 0.2) is 5.76 Å². The fourth-order valence-electron chi connectivity index (χ4n) is 4.41. The number of likely N-dealkylation sites (tertiary alicyclic amines) is 1. The summed E-state index contributed by atoms with van der Waals surface area (Å²) in [6.07, 6.45) is 7.69. The van der Waals surface area contributed by atoms with Gasteiger partial charge in [-0.15, -0.1) is 0 Å². The summed E-state index contributed by atoms with van der Waals surface area (Å²) in [6, 6.07) is 3.58. The molecule has 2 saturated heterocycles. The molecule has 1 saturated carbocycles. The lowest BCUT2D eigenvalue weighted by Gasteiger charge is -2.48. The van der Waals surface area contributed by atoms with E-state index in [1.165, 1.54) is 12.5 Å². The van der Waals surface area contributed by atoms with Gasteiger partial charge in [0, 0.05) is 31.8 Å². The Balaban J connectivity index is 1.42. The van der Waals surface area contributed by atoms with Gasteiger partial charge in [-0.2, -0.15) is 4.31 Å². The average molecular weight is 382 g/mol. The molecule has 3 heterocycles. The van der Waals surface area contributed by atoms with Crippen LogP contribution in [0.25, 0.3) is 0 Å². The number of carbonyl (C=O) groups is 1. The van der Waals surface area contributed by atoms with Crippen LogP contribution < -0.4 is 0 Å². The lowest BCUT2D eigenvalue weighted by atomic mass is 9.82. The van der Waals surface area contributed by atoms with Gasteiger partial charge in [-0.1, -0.05) is 0 Å². The third-order valence-electron chi connectivity index (χ3n) is 5.81. The van der Waals surface area contributed by atoms with Crippen molar-refractivity contribution in [2.75, 3.05) is 26.0 Å². The molecule has 1 unspecified atom stereocenters. The topological polar surface area (TPSA) is 80.1 Å². The average Bonchev–Trinajstić information content (AvgIpc) is 3.25. The molecule has 7 nitrogen and oxygen atoms in total. The SMILES string of the molecule is CS(=O)(=O)N(C1CC1)C1CCOC2(CCN(C(=O)c3ccco3)CC2)C1. The van der Waals surface area contributed by atoms with Gasteiger partial charge in [0.2, 0.25) is 10.0 Å². The van der Waals surface area contributed by atoms with Gasteiger partial charge >= 0.3 is 0 Å². The summed E-state index contributed by atoms with van der Waals surface area (Å²) in [5.41, 5.74) is -0.319. The van der Waals surface area contributed by atoms with Gasteiger partial charge in [0.1, 0.15) is 0 Å². The first-order valence-corrected chi connectivity index (χ1v) is 11.2. The molecule has 1 amide bonds. The van der Waals surface area contributed by atoms with E-state index in [1.54, 1.807) is 21.3 Å². The maximum Gasteiger partial charge on any atom is 0.289 e.